The molecule has 0 radical (unpaired) electrons. The number of hydrogen-bond donors (Lipinski definition) is 2. The SMILES string of the molecule is CNCC(=O)NCCOCCOC. The molecule has 0 unspecified atom stereocenters. The first-order chi connectivity index (χ1) is 6.31. The van der Waals surface area contributed by atoms with Gasteiger partial charge in [-0.2, -0.15) is 0 Å². The van der Waals surface area contributed by atoms with E-state index in [9.17, 15) is 4.79 Å². The predicted octanol–water partition coefficient (Wildman–Crippen LogP) is -1.01. The van der Waals surface area contributed by atoms with Crippen LogP contribution in [0.4, 0.5) is 0 Å². The number of ether oxygens (including phenoxy) is 2. The summed E-state index contributed by atoms with van der Waals surface area (Å²) in [4.78, 5) is 10.9. The zero-order valence-corrected chi connectivity index (χ0v) is 8.26. The summed E-state index contributed by atoms with van der Waals surface area (Å²) in [6.07, 6.45) is 0. The van der Waals surface area contributed by atoms with Gasteiger partial charge in [0.15, 0.2) is 0 Å². The van der Waals surface area contributed by atoms with Crippen LogP contribution in [0.25, 0.3) is 0 Å². The summed E-state index contributed by atoms with van der Waals surface area (Å²) >= 11 is 0. The van der Waals surface area contributed by atoms with Crippen molar-refractivity contribution in [1.29, 1.82) is 0 Å². The maximum Gasteiger partial charge on any atom is 0.234 e. The minimum atomic E-state index is -0.0159. The first-order valence-corrected chi connectivity index (χ1v) is 4.29. The molecule has 0 aliphatic heterocycles. The number of carbonyl (C=O) groups is 1. The molecule has 0 rings (SSSR count). The molecule has 0 fully saturated rings. The van der Waals surface area contributed by atoms with E-state index in [0.717, 1.165) is 0 Å². The van der Waals surface area contributed by atoms with Gasteiger partial charge in [0.1, 0.15) is 0 Å². The summed E-state index contributed by atoms with van der Waals surface area (Å²) in [6, 6.07) is 0. The highest BCUT2D eigenvalue weighted by molar-refractivity contribution is 5.77. The summed E-state index contributed by atoms with van der Waals surface area (Å²) in [7, 11) is 3.35. The van der Waals surface area contributed by atoms with Crippen LogP contribution in [-0.4, -0.2) is 53.0 Å². The van der Waals surface area contributed by atoms with E-state index in [2.05, 4.69) is 10.6 Å². The molecule has 0 aliphatic rings. The molecule has 5 heteroatoms. The van der Waals surface area contributed by atoms with Gasteiger partial charge in [0.25, 0.3) is 0 Å². The van der Waals surface area contributed by atoms with Crippen molar-refractivity contribution >= 4 is 5.91 Å². The topological polar surface area (TPSA) is 59.6 Å². The molecule has 0 saturated heterocycles. The number of carbonyl (C=O) groups excluding carboxylic acids is 1. The molecule has 2 N–H and O–H groups in total. The van der Waals surface area contributed by atoms with Crippen LogP contribution in [0.3, 0.4) is 0 Å². The number of nitrogens with one attached hydrogen (secondary N) is 2. The highest BCUT2D eigenvalue weighted by Gasteiger charge is 1.96. The first-order valence-electron chi connectivity index (χ1n) is 4.29. The van der Waals surface area contributed by atoms with E-state index in [1.54, 1.807) is 14.2 Å². The molecule has 0 atom stereocenters. The Labute approximate surface area is 78.8 Å². The molecule has 1 amide bonds. The van der Waals surface area contributed by atoms with Gasteiger partial charge in [0, 0.05) is 13.7 Å². The number of methoxy groups -OCH3 is 1. The quantitative estimate of drug-likeness (QED) is 0.481. The number of likely N-dealkylation sites (N-methyl/N-ethyl adjacent to an activating group) is 1. The van der Waals surface area contributed by atoms with Crippen LogP contribution in [0.2, 0.25) is 0 Å². The monoisotopic (exact) mass is 190 g/mol. The van der Waals surface area contributed by atoms with E-state index in [1.165, 1.54) is 0 Å². The van der Waals surface area contributed by atoms with Crippen LogP contribution in [0, 0.1) is 0 Å². The van der Waals surface area contributed by atoms with Gasteiger partial charge in [-0.3, -0.25) is 4.79 Å². The van der Waals surface area contributed by atoms with Gasteiger partial charge in [-0.25, -0.2) is 0 Å². The van der Waals surface area contributed by atoms with E-state index in [-0.39, 0.29) is 5.91 Å². The summed E-state index contributed by atoms with van der Waals surface area (Å²) in [5.74, 6) is -0.0159. The van der Waals surface area contributed by atoms with Gasteiger partial charge in [0.05, 0.1) is 26.4 Å². The Morgan fingerprint density at radius 3 is 2.69 bits per heavy atom. The normalized spacial score (nSPS) is 10.0. The highest BCUT2D eigenvalue weighted by atomic mass is 16.5. The van der Waals surface area contributed by atoms with Crippen LogP contribution >= 0.6 is 0 Å². The van der Waals surface area contributed by atoms with Crippen molar-refractivity contribution in [3.63, 3.8) is 0 Å². The molecule has 0 spiro atoms. The third-order valence-corrected chi connectivity index (χ3v) is 1.34. The van der Waals surface area contributed by atoms with Crippen LogP contribution in [0.15, 0.2) is 0 Å². The standard InChI is InChI=1S/C8H18N2O3/c1-9-7-8(11)10-3-4-13-6-5-12-2/h9H,3-7H2,1-2H3,(H,10,11). The molecule has 0 aromatic carbocycles. The molecule has 0 aliphatic carbocycles. The average molecular weight is 190 g/mol. The Morgan fingerprint density at radius 2 is 2.08 bits per heavy atom. The lowest BCUT2D eigenvalue weighted by Gasteiger charge is -2.05. The molecule has 0 saturated carbocycles. The van der Waals surface area contributed by atoms with Crippen molar-refractivity contribution in [3.8, 4) is 0 Å². The molecule has 78 valence electrons. The molecule has 0 bridgehead atoms. The van der Waals surface area contributed by atoms with Crippen molar-refractivity contribution in [2.24, 2.45) is 0 Å². The van der Waals surface area contributed by atoms with Crippen LogP contribution < -0.4 is 10.6 Å². The Balaban J connectivity index is 3.02. The lowest BCUT2D eigenvalue weighted by Crippen LogP contribution is -2.34. The molecule has 5 nitrogen and oxygen atoms in total. The second-order valence-electron chi connectivity index (χ2n) is 2.49. The van der Waals surface area contributed by atoms with Crippen LogP contribution in [-0.2, 0) is 14.3 Å². The number of rotatable bonds is 8. The Morgan fingerprint density at radius 1 is 1.31 bits per heavy atom. The Kier molecular flexibility index (Phi) is 8.97. The van der Waals surface area contributed by atoms with Crippen molar-refractivity contribution < 1.29 is 14.3 Å². The smallest absolute Gasteiger partial charge is 0.234 e. The zero-order chi connectivity index (χ0) is 9.94. The van der Waals surface area contributed by atoms with E-state index in [1.807, 2.05) is 0 Å². The average Bonchev–Trinajstić information content (AvgIpc) is 2.11. The second kappa shape index (κ2) is 9.44. The van der Waals surface area contributed by atoms with E-state index in [0.29, 0.717) is 32.9 Å². The fourth-order valence-corrected chi connectivity index (χ4v) is 0.730. The fraction of sp³-hybridized carbons (Fsp3) is 0.875. The van der Waals surface area contributed by atoms with E-state index >= 15 is 0 Å². The van der Waals surface area contributed by atoms with E-state index < -0.39 is 0 Å². The van der Waals surface area contributed by atoms with Gasteiger partial charge < -0.3 is 20.1 Å². The van der Waals surface area contributed by atoms with Gasteiger partial charge >= 0.3 is 0 Å². The lowest BCUT2D eigenvalue weighted by molar-refractivity contribution is -0.120. The number of hydrogen-bond acceptors (Lipinski definition) is 4. The number of amides is 1. The Hall–Kier alpha value is -0.650. The molecule has 13 heavy (non-hydrogen) atoms. The van der Waals surface area contributed by atoms with Crippen molar-refractivity contribution in [1.82, 2.24) is 10.6 Å². The predicted molar refractivity (Wildman–Crippen MR) is 49.6 cm³/mol. The molecular formula is C8H18N2O3. The van der Waals surface area contributed by atoms with Gasteiger partial charge in [-0.1, -0.05) is 0 Å². The van der Waals surface area contributed by atoms with Gasteiger partial charge in [-0.15, -0.1) is 0 Å². The van der Waals surface area contributed by atoms with Crippen molar-refractivity contribution in [2.45, 2.75) is 0 Å². The first kappa shape index (κ1) is 12.3. The third-order valence-electron chi connectivity index (χ3n) is 1.34. The van der Waals surface area contributed by atoms with Crippen molar-refractivity contribution in [3.05, 3.63) is 0 Å². The Bertz CT molecular complexity index is 131. The summed E-state index contributed by atoms with van der Waals surface area (Å²) < 4.78 is 9.93. The van der Waals surface area contributed by atoms with E-state index in [4.69, 9.17) is 9.47 Å². The summed E-state index contributed by atoms with van der Waals surface area (Å²) in [5, 5.41) is 5.45. The zero-order valence-electron chi connectivity index (χ0n) is 8.26. The van der Waals surface area contributed by atoms with Gasteiger partial charge in [0.2, 0.25) is 5.91 Å². The summed E-state index contributed by atoms with van der Waals surface area (Å²) in [6.45, 7) is 2.57. The maximum atomic E-state index is 10.9. The minimum Gasteiger partial charge on any atom is -0.382 e. The molecule has 0 aromatic rings. The van der Waals surface area contributed by atoms with Crippen molar-refractivity contribution in [2.75, 3.05) is 47.1 Å². The lowest BCUT2D eigenvalue weighted by atomic mass is 10.5. The van der Waals surface area contributed by atoms with Crippen LogP contribution in [0.1, 0.15) is 0 Å². The van der Waals surface area contributed by atoms with Gasteiger partial charge in [-0.05, 0) is 7.05 Å². The molecule has 0 heterocycles. The van der Waals surface area contributed by atoms with Crippen LogP contribution in [0.5, 0.6) is 0 Å². The molecule has 0 aromatic heterocycles. The molecular weight excluding hydrogens is 172 g/mol. The largest absolute Gasteiger partial charge is 0.382 e. The third kappa shape index (κ3) is 9.26. The second-order valence-corrected chi connectivity index (χ2v) is 2.49. The fourth-order valence-electron chi connectivity index (χ4n) is 0.730. The maximum absolute atomic E-state index is 10.9. The summed E-state index contributed by atoms with van der Waals surface area (Å²) in [5.41, 5.74) is 0. The minimum absolute atomic E-state index is 0.0159. The highest BCUT2D eigenvalue weighted by Crippen LogP contribution is 1.74.